The van der Waals surface area contributed by atoms with Gasteiger partial charge >= 0.3 is 0 Å². The van der Waals surface area contributed by atoms with Crippen molar-refractivity contribution < 1.29 is 9.53 Å². The lowest BCUT2D eigenvalue weighted by atomic mass is 10.1. The smallest absolute Gasteiger partial charge is 0.227 e. The third-order valence-corrected chi connectivity index (χ3v) is 4.09. The highest BCUT2D eigenvalue weighted by Crippen LogP contribution is 2.21. The molecule has 0 spiro atoms. The van der Waals surface area contributed by atoms with Gasteiger partial charge in [-0.15, -0.1) is 10.2 Å². The number of nitrogens with one attached hydrogen (secondary N) is 2. The second kappa shape index (κ2) is 5.81. The second-order valence-corrected chi connectivity index (χ2v) is 5.51. The van der Waals surface area contributed by atoms with E-state index in [4.69, 9.17) is 4.74 Å². The van der Waals surface area contributed by atoms with Gasteiger partial charge in [0, 0.05) is 23.6 Å². The number of nitrogens with zero attached hydrogens (tertiary/aromatic N) is 4. The van der Waals surface area contributed by atoms with Gasteiger partial charge in [-0.05, 0) is 11.6 Å². The largest absolute Gasteiger partial charge is 0.366 e. The first-order valence-electron chi connectivity index (χ1n) is 7.49. The van der Waals surface area contributed by atoms with Gasteiger partial charge in [0.05, 0.1) is 19.6 Å². The Morgan fingerprint density at radius 2 is 2.30 bits per heavy atom. The number of ether oxygens (including phenoxy) is 1. The first-order valence-corrected chi connectivity index (χ1v) is 7.49. The number of para-hydroxylation sites is 1. The molecule has 1 atom stereocenters. The highest BCUT2D eigenvalue weighted by molar-refractivity contribution is 5.88. The molecule has 2 N–H and O–H groups in total. The third-order valence-electron chi connectivity index (χ3n) is 4.09. The number of hydrogen-bond donors (Lipinski definition) is 2. The molecule has 0 radical (unpaired) electrons. The Balaban J connectivity index is 1.48. The van der Waals surface area contributed by atoms with Crippen LogP contribution in [0.4, 0.5) is 0 Å². The zero-order valence-corrected chi connectivity index (χ0v) is 12.4. The maximum atomic E-state index is 12.6. The third kappa shape index (κ3) is 2.68. The predicted octanol–water partition coefficient (Wildman–Crippen LogP) is 0.824. The van der Waals surface area contributed by atoms with Crippen LogP contribution in [0.15, 0.2) is 30.5 Å². The number of carbonyl (C=O) groups is 1. The molecule has 3 aromatic rings. The summed E-state index contributed by atoms with van der Waals surface area (Å²) in [6, 6.07) is 7.98. The van der Waals surface area contributed by atoms with E-state index >= 15 is 0 Å². The summed E-state index contributed by atoms with van der Waals surface area (Å²) in [7, 11) is 0. The van der Waals surface area contributed by atoms with Crippen molar-refractivity contribution in [3.05, 3.63) is 41.9 Å². The Morgan fingerprint density at radius 1 is 1.39 bits per heavy atom. The van der Waals surface area contributed by atoms with Gasteiger partial charge in [-0.25, -0.2) is 0 Å². The van der Waals surface area contributed by atoms with E-state index in [0.29, 0.717) is 31.9 Å². The normalized spacial score (nSPS) is 18.4. The Morgan fingerprint density at radius 3 is 3.17 bits per heavy atom. The monoisotopic (exact) mass is 312 g/mol. The molecule has 118 valence electrons. The summed E-state index contributed by atoms with van der Waals surface area (Å²) < 4.78 is 5.62. The predicted molar refractivity (Wildman–Crippen MR) is 81.5 cm³/mol. The van der Waals surface area contributed by atoms with E-state index in [0.717, 1.165) is 16.5 Å². The van der Waals surface area contributed by atoms with Crippen molar-refractivity contribution in [3.63, 3.8) is 0 Å². The molecule has 1 amide bonds. The summed E-state index contributed by atoms with van der Waals surface area (Å²) in [4.78, 5) is 17.6. The first kappa shape index (κ1) is 13.9. The van der Waals surface area contributed by atoms with E-state index in [-0.39, 0.29) is 12.0 Å². The molecule has 23 heavy (non-hydrogen) atoms. The number of aromatic amines is 2. The number of tetrazole rings is 1. The minimum Gasteiger partial charge on any atom is -0.366 e. The molecule has 1 saturated heterocycles. The van der Waals surface area contributed by atoms with E-state index in [1.54, 1.807) is 4.90 Å². The van der Waals surface area contributed by atoms with Crippen LogP contribution in [0.3, 0.4) is 0 Å². The molecular formula is C15H16N6O2. The molecule has 4 rings (SSSR count). The molecule has 0 bridgehead atoms. The summed E-state index contributed by atoms with van der Waals surface area (Å²) in [5.41, 5.74) is 2.05. The van der Waals surface area contributed by atoms with Crippen LogP contribution in [-0.2, 0) is 16.0 Å². The summed E-state index contributed by atoms with van der Waals surface area (Å²) in [5.74, 6) is 0.557. The van der Waals surface area contributed by atoms with Crippen molar-refractivity contribution in [2.45, 2.75) is 12.5 Å². The Labute approximate surface area is 131 Å². The van der Waals surface area contributed by atoms with E-state index in [2.05, 4.69) is 25.6 Å². The maximum Gasteiger partial charge on any atom is 0.227 e. The van der Waals surface area contributed by atoms with Crippen molar-refractivity contribution in [2.75, 3.05) is 19.7 Å². The van der Waals surface area contributed by atoms with Gasteiger partial charge in [0.15, 0.2) is 0 Å². The lowest BCUT2D eigenvalue weighted by Gasteiger charge is -2.31. The number of fused-ring (bicyclic) bond motifs is 1. The summed E-state index contributed by atoms with van der Waals surface area (Å²) >= 11 is 0. The Kier molecular flexibility index (Phi) is 3.51. The molecule has 1 fully saturated rings. The Hall–Kier alpha value is -2.74. The topological polar surface area (TPSA) is 99.8 Å². The number of aromatic nitrogens is 5. The van der Waals surface area contributed by atoms with Crippen LogP contribution in [0.1, 0.15) is 17.5 Å². The number of H-pyrrole nitrogens is 2. The lowest BCUT2D eigenvalue weighted by Crippen LogP contribution is -2.43. The highest BCUT2D eigenvalue weighted by Gasteiger charge is 2.28. The molecule has 2 aromatic heterocycles. The second-order valence-electron chi connectivity index (χ2n) is 5.51. The van der Waals surface area contributed by atoms with Crippen LogP contribution in [0.2, 0.25) is 0 Å². The van der Waals surface area contributed by atoms with Crippen LogP contribution in [-0.4, -0.2) is 56.1 Å². The zero-order chi connectivity index (χ0) is 15.6. The maximum absolute atomic E-state index is 12.6. The van der Waals surface area contributed by atoms with Gasteiger partial charge in [-0.3, -0.25) is 4.79 Å². The van der Waals surface area contributed by atoms with Crippen molar-refractivity contribution in [1.82, 2.24) is 30.5 Å². The van der Waals surface area contributed by atoms with Gasteiger partial charge in [-0.1, -0.05) is 23.4 Å². The minimum atomic E-state index is -0.325. The average Bonchev–Trinajstić information content (AvgIpc) is 3.25. The number of morpholine rings is 1. The molecule has 1 aliphatic rings. The number of amides is 1. The lowest BCUT2D eigenvalue weighted by molar-refractivity contribution is -0.138. The molecule has 8 heteroatoms. The summed E-state index contributed by atoms with van der Waals surface area (Å²) in [5, 5.41) is 14.9. The fourth-order valence-corrected chi connectivity index (χ4v) is 2.89. The van der Waals surface area contributed by atoms with Crippen LogP contribution in [0, 0.1) is 0 Å². The minimum absolute atomic E-state index is 0.0755. The van der Waals surface area contributed by atoms with Gasteiger partial charge in [-0.2, -0.15) is 5.21 Å². The van der Waals surface area contributed by atoms with Gasteiger partial charge in [0.1, 0.15) is 6.10 Å². The fraction of sp³-hybridized carbons (Fsp3) is 0.333. The molecule has 3 heterocycles. The first-order chi connectivity index (χ1) is 11.3. The van der Waals surface area contributed by atoms with E-state index in [9.17, 15) is 4.79 Å². The quantitative estimate of drug-likeness (QED) is 0.746. The van der Waals surface area contributed by atoms with E-state index in [1.807, 2.05) is 30.5 Å². The summed E-state index contributed by atoms with van der Waals surface area (Å²) in [6.07, 6.45) is 1.94. The SMILES string of the molecule is O=C(Cc1c[nH]c2ccccc12)N1CCOC(c2nn[nH]n2)C1. The number of carbonyl (C=O) groups excluding carboxylic acids is 1. The molecule has 8 nitrogen and oxygen atoms in total. The van der Waals surface area contributed by atoms with Crippen LogP contribution in [0.5, 0.6) is 0 Å². The zero-order valence-electron chi connectivity index (χ0n) is 12.4. The highest BCUT2D eigenvalue weighted by atomic mass is 16.5. The molecule has 1 aromatic carbocycles. The Bertz CT molecular complexity index is 812. The molecule has 0 aliphatic carbocycles. The number of rotatable bonds is 3. The molecule has 0 saturated carbocycles. The van der Waals surface area contributed by atoms with Crippen molar-refractivity contribution in [1.29, 1.82) is 0 Å². The molecular weight excluding hydrogens is 296 g/mol. The molecule has 1 unspecified atom stereocenters. The van der Waals surface area contributed by atoms with Gasteiger partial charge in [0.2, 0.25) is 11.7 Å². The number of benzene rings is 1. The van der Waals surface area contributed by atoms with Crippen LogP contribution >= 0.6 is 0 Å². The van der Waals surface area contributed by atoms with E-state index < -0.39 is 0 Å². The van der Waals surface area contributed by atoms with Crippen molar-refractivity contribution in [2.24, 2.45) is 0 Å². The van der Waals surface area contributed by atoms with Crippen LogP contribution < -0.4 is 0 Å². The average molecular weight is 312 g/mol. The van der Waals surface area contributed by atoms with E-state index in [1.165, 1.54) is 0 Å². The summed E-state index contributed by atoms with van der Waals surface area (Å²) in [6.45, 7) is 1.50. The van der Waals surface area contributed by atoms with Crippen LogP contribution in [0.25, 0.3) is 10.9 Å². The fourth-order valence-electron chi connectivity index (χ4n) is 2.89. The number of hydrogen-bond acceptors (Lipinski definition) is 5. The van der Waals surface area contributed by atoms with Crippen molar-refractivity contribution >= 4 is 16.8 Å². The van der Waals surface area contributed by atoms with Crippen molar-refractivity contribution in [3.8, 4) is 0 Å². The standard InChI is InChI=1S/C15H16N6O2/c22-14(7-10-8-16-12-4-2-1-3-11(10)12)21-5-6-23-13(9-21)15-17-19-20-18-15/h1-4,8,13,16H,5-7,9H2,(H,17,18,19,20). The van der Waals surface area contributed by atoms with Gasteiger partial charge < -0.3 is 14.6 Å². The van der Waals surface area contributed by atoms with Gasteiger partial charge in [0.25, 0.3) is 0 Å². The molecule has 1 aliphatic heterocycles.